The van der Waals surface area contributed by atoms with Gasteiger partial charge in [0, 0.05) is 12.5 Å². The van der Waals surface area contributed by atoms with Crippen LogP contribution in [0.4, 0.5) is 26.3 Å². The molecule has 3 rings (SSSR count). The maximum atomic E-state index is 13.5. The molecule has 1 heterocycles. The largest absolute Gasteiger partial charge is 0.416 e. The van der Waals surface area contributed by atoms with E-state index >= 15 is 0 Å². The van der Waals surface area contributed by atoms with Gasteiger partial charge in [-0.2, -0.15) is 26.3 Å². The van der Waals surface area contributed by atoms with Crippen molar-refractivity contribution < 1.29 is 54.4 Å². The molecular formula is C25H28F6O6S. The Labute approximate surface area is 216 Å². The van der Waals surface area contributed by atoms with Crippen LogP contribution in [-0.4, -0.2) is 55.7 Å². The second-order valence-electron chi connectivity index (χ2n) is 9.19. The van der Waals surface area contributed by atoms with Gasteiger partial charge in [-0.15, -0.1) is 0 Å². The number of rotatable bonds is 9. The monoisotopic (exact) mass is 570 g/mol. The first-order valence-corrected chi connectivity index (χ1v) is 13.5. The average molecular weight is 571 g/mol. The van der Waals surface area contributed by atoms with E-state index in [2.05, 4.69) is 0 Å². The van der Waals surface area contributed by atoms with Gasteiger partial charge in [-0.3, -0.25) is 0 Å². The first-order chi connectivity index (χ1) is 17.6. The molecule has 0 saturated carbocycles. The molecule has 1 fully saturated rings. The van der Waals surface area contributed by atoms with E-state index in [0.29, 0.717) is 17.7 Å². The minimum Gasteiger partial charge on any atom is -0.396 e. The van der Waals surface area contributed by atoms with E-state index < -0.39 is 87.3 Å². The normalized spacial score (nSPS) is 23.8. The van der Waals surface area contributed by atoms with Gasteiger partial charge in [0.2, 0.25) is 0 Å². The van der Waals surface area contributed by atoms with Crippen LogP contribution in [0.1, 0.15) is 47.6 Å². The highest BCUT2D eigenvalue weighted by atomic mass is 32.2. The number of hydrogen-bond acceptors (Lipinski definition) is 6. The Morgan fingerprint density at radius 1 is 1.03 bits per heavy atom. The van der Waals surface area contributed by atoms with Crippen molar-refractivity contribution in [3.63, 3.8) is 0 Å². The minimum absolute atomic E-state index is 0.0105. The fourth-order valence-electron chi connectivity index (χ4n) is 4.75. The van der Waals surface area contributed by atoms with Gasteiger partial charge in [-0.1, -0.05) is 30.3 Å². The van der Waals surface area contributed by atoms with Crippen LogP contribution >= 0.6 is 0 Å². The second-order valence-corrected chi connectivity index (χ2v) is 11.4. The lowest BCUT2D eigenvalue weighted by atomic mass is 9.77. The lowest BCUT2D eigenvalue weighted by Gasteiger charge is -2.48. The molecule has 2 aromatic carbocycles. The third kappa shape index (κ3) is 7.06. The lowest BCUT2D eigenvalue weighted by Crippen LogP contribution is -2.55. The zero-order valence-corrected chi connectivity index (χ0v) is 21.1. The van der Waals surface area contributed by atoms with Gasteiger partial charge < -0.3 is 19.7 Å². The van der Waals surface area contributed by atoms with Crippen molar-refractivity contribution in [2.24, 2.45) is 5.92 Å². The summed E-state index contributed by atoms with van der Waals surface area (Å²) in [7, 11) is -4.09. The van der Waals surface area contributed by atoms with Gasteiger partial charge in [-0.25, -0.2) is 8.42 Å². The van der Waals surface area contributed by atoms with Crippen molar-refractivity contribution >= 4 is 9.84 Å². The fourth-order valence-corrected chi connectivity index (χ4v) is 6.12. The highest BCUT2D eigenvalue weighted by Crippen LogP contribution is 2.47. The van der Waals surface area contributed by atoms with E-state index in [1.807, 2.05) is 0 Å². The quantitative estimate of drug-likeness (QED) is 0.424. The number of aliphatic hydroxyl groups is 2. The van der Waals surface area contributed by atoms with Crippen LogP contribution in [0.5, 0.6) is 0 Å². The number of aliphatic hydroxyl groups excluding tert-OH is 2. The van der Waals surface area contributed by atoms with Crippen LogP contribution < -0.4 is 0 Å². The van der Waals surface area contributed by atoms with E-state index in [1.165, 1.54) is 6.92 Å². The summed E-state index contributed by atoms with van der Waals surface area (Å²) in [4.78, 5) is 0. The zero-order valence-electron chi connectivity index (χ0n) is 20.3. The summed E-state index contributed by atoms with van der Waals surface area (Å²) in [5.41, 5.74) is -3.08. The summed E-state index contributed by atoms with van der Waals surface area (Å²) in [6.45, 7) is -0.0312. The van der Waals surface area contributed by atoms with E-state index in [-0.39, 0.29) is 19.1 Å². The maximum absolute atomic E-state index is 13.5. The van der Waals surface area contributed by atoms with E-state index in [0.717, 1.165) is 0 Å². The summed E-state index contributed by atoms with van der Waals surface area (Å²) < 4.78 is 118. The van der Waals surface area contributed by atoms with Crippen molar-refractivity contribution in [3.05, 3.63) is 70.8 Å². The molecule has 6 nitrogen and oxygen atoms in total. The molecule has 13 heteroatoms. The lowest BCUT2D eigenvalue weighted by molar-refractivity contribution is -0.284. The van der Waals surface area contributed by atoms with Gasteiger partial charge in [0.1, 0.15) is 5.75 Å². The van der Waals surface area contributed by atoms with Crippen LogP contribution in [-0.2, 0) is 31.7 Å². The number of ether oxygens (including phenoxy) is 2. The topological polar surface area (TPSA) is 93.1 Å². The smallest absolute Gasteiger partial charge is 0.396 e. The highest BCUT2D eigenvalue weighted by molar-refractivity contribution is 7.91. The van der Waals surface area contributed by atoms with Gasteiger partial charge in [-0.05, 0) is 48.6 Å². The predicted molar refractivity (Wildman–Crippen MR) is 125 cm³/mol. The van der Waals surface area contributed by atoms with Gasteiger partial charge in [0.25, 0.3) is 0 Å². The molecule has 0 bridgehead atoms. The molecule has 38 heavy (non-hydrogen) atoms. The number of halogens is 6. The Kier molecular flexibility index (Phi) is 9.19. The standard InChI is InChI=1S/C25H28F6O6S/c1-16(19-11-20(24(26,27)28)13-21(12-19)25(29,30)31)37-23(15-38(34,35)10-8-32)22(17-5-3-2-4-6-17)18(14-33)7-9-36-23/h2-6,11-13,16,18,22,32-33H,7-10,14-15H2,1H3/t16-,18?,22?,23?/m1/s1. The van der Waals surface area contributed by atoms with E-state index in [9.17, 15) is 45.0 Å². The van der Waals surface area contributed by atoms with E-state index in [1.54, 1.807) is 30.3 Å². The first-order valence-electron chi connectivity index (χ1n) is 11.7. The van der Waals surface area contributed by atoms with Crippen molar-refractivity contribution in [1.82, 2.24) is 0 Å². The molecule has 0 aromatic heterocycles. The Morgan fingerprint density at radius 2 is 1.61 bits per heavy atom. The number of benzene rings is 2. The molecule has 2 aromatic rings. The molecule has 1 aliphatic heterocycles. The molecule has 0 radical (unpaired) electrons. The van der Waals surface area contributed by atoms with E-state index in [4.69, 9.17) is 9.47 Å². The predicted octanol–water partition coefficient (Wildman–Crippen LogP) is 4.72. The zero-order chi connectivity index (χ0) is 28.4. The second kappa shape index (κ2) is 11.5. The van der Waals surface area contributed by atoms with Crippen molar-refractivity contribution in [1.29, 1.82) is 0 Å². The summed E-state index contributed by atoms with van der Waals surface area (Å²) in [6.07, 6.45) is -11.4. The molecule has 4 atom stereocenters. The molecule has 2 N–H and O–H groups in total. The number of alkyl halides is 6. The summed E-state index contributed by atoms with van der Waals surface area (Å²) in [6, 6.07) is 9.28. The minimum atomic E-state index is -5.09. The Balaban J connectivity index is 2.16. The summed E-state index contributed by atoms with van der Waals surface area (Å²) in [5.74, 6) is -5.18. The summed E-state index contributed by atoms with van der Waals surface area (Å²) in [5, 5.41) is 19.4. The maximum Gasteiger partial charge on any atom is 0.416 e. The summed E-state index contributed by atoms with van der Waals surface area (Å²) >= 11 is 0. The molecule has 212 valence electrons. The molecule has 0 spiro atoms. The first kappa shape index (κ1) is 30.4. The van der Waals surface area contributed by atoms with Crippen LogP contribution in [0.3, 0.4) is 0 Å². The Morgan fingerprint density at radius 3 is 2.11 bits per heavy atom. The van der Waals surface area contributed by atoms with Crippen LogP contribution in [0.2, 0.25) is 0 Å². The third-order valence-corrected chi connectivity index (χ3v) is 8.10. The fraction of sp³-hybridized carbons (Fsp3) is 0.520. The number of sulfone groups is 1. The van der Waals surface area contributed by atoms with Crippen molar-refractivity contribution in [2.75, 3.05) is 31.3 Å². The number of hydrogen-bond donors (Lipinski definition) is 2. The van der Waals surface area contributed by atoms with Gasteiger partial charge in [0.05, 0.1) is 36.2 Å². The highest BCUT2D eigenvalue weighted by Gasteiger charge is 2.52. The Bertz CT molecular complexity index is 1150. The van der Waals surface area contributed by atoms with Gasteiger partial charge >= 0.3 is 12.4 Å². The van der Waals surface area contributed by atoms with Gasteiger partial charge in [0.15, 0.2) is 15.6 Å². The molecule has 0 aliphatic carbocycles. The molecule has 0 amide bonds. The van der Waals surface area contributed by atoms with Crippen molar-refractivity contribution in [3.8, 4) is 0 Å². The Hall–Kier alpha value is -2.19. The third-order valence-electron chi connectivity index (χ3n) is 6.45. The average Bonchev–Trinajstić information content (AvgIpc) is 2.82. The molecule has 1 saturated heterocycles. The SMILES string of the molecule is C[C@@H](OC1(CS(=O)(=O)CCO)OCCC(CO)C1c1ccccc1)c1cc(C(F)(F)F)cc(C(F)(F)F)c1. The van der Waals surface area contributed by atoms with Crippen molar-refractivity contribution in [2.45, 2.75) is 43.5 Å². The van der Waals surface area contributed by atoms with Crippen LogP contribution in [0, 0.1) is 5.92 Å². The molecular weight excluding hydrogens is 542 g/mol. The molecule has 3 unspecified atom stereocenters. The molecule has 1 aliphatic rings. The van der Waals surface area contributed by atoms with Crippen LogP contribution in [0.25, 0.3) is 0 Å². The van der Waals surface area contributed by atoms with Crippen LogP contribution in [0.15, 0.2) is 48.5 Å².